The largest absolute Gasteiger partial charge is 0.463 e. The minimum absolute atomic E-state index is 0.370. The van der Waals surface area contributed by atoms with Gasteiger partial charge in [-0.1, -0.05) is 18.2 Å². The van der Waals surface area contributed by atoms with E-state index in [1.807, 2.05) is 24.3 Å². The van der Waals surface area contributed by atoms with Crippen LogP contribution in [0.4, 0.5) is 0 Å². The Morgan fingerprint density at radius 2 is 1.91 bits per heavy atom. The van der Waals surface area contributed by atoms with Gasteiger partial charge < -0.3 is 9.72 Å². The Hall–Kier alpha value is -2.69. The molecule has 3 rings (SSSR count). The van der Waals surface area contributed by atoms with E-state index in [2.05, 4.69) is 4.98 Å². The van der Waals surface area contributed by atoms with Crippen molar-refractivity contribution in [1.29, 1.82) is 0 Å². The molecule has 1 aliphatic rings. The van der Waals surface area contributed by atoms with Crippen molar-refractivity contribution in [2.75, 3.05) is 0 Å². The molecule has 23 heavy (non-hydrogen) atoms. The van der Waals surface area contributed by atoms with E-state index >= 15 is 0 Å². The van der Waals surface area contributed by atoms with Gasteiger partial charge in [-0.2, -0.15) is 0 Å². The molecule has 5 nitrogen and oxygen atoms in total. The van der Waals surface area contributed by atoms with Gasteiger partial charge in [0.2, 0.25) is 11.6 Å². The van der Waals surface area contributed by atoms with E-state index in [1.54, 1.807) is 13.8 Å². The summed E-state index contributed by atoms with van der Waals surface area (Å²) in [7, 11) is 0. The molecule has 0 saturated carbocycles. The Labute approximate surface area is 133 Å². The third-order valence-electron chi connectivity index (χ3n) is 4.09. The van der Waals surface area contributed by atoms with E-state index in [0.717, 1.165) is 16.5 Å². The van der Waals surface area contributed by atoms with Gasteiger partial charge in [0.15, 0.2) is 0 Å². The van der Waals surface area contributed by atoms with Crippen LogP contribution < -0.4 is 0 Å². The summed E-state index contributed by atoms with van der Waals surface area (Å²) in [5.41, 5.74) is 3.03. The van der Waals surface area contributed by atoms with Gasteiger partial charge in [-0.15, -0.1) is 0 Å². The Morgan fingerprint density at radius 1 is 1.22 bits per heavy atom. The van der Waals surface area contributed by atoms with E-state index < -0.39 is 11.6 Å². The Bertz CT molecular complexity index is 872. The fourth-order valence-corrected chi connectivity index (χ4v) is 3.08. The molecule has 0 spiro atoms. The van der Waals surface area contributed by atoms with Crippen LogP contribution in [0, 0.1) is 0 Å². The number of benzene rings is 1. The highest BCUT2D eigenvalue weighted by Crippen LogP contribution is 2.36. The average molecular weight is 311 g/mol. The third kappa shape index (κ3) is 2.48. The molecular weight excluding hydrogens is 294 g/mol. The highest BCUT2D eigenvalue weighted by atomic mass is 16.5. The quantitative estimate of drug-likeness (QED) is 0.698. The van der Waals surface area contributed by atoms with Crippen molar-refractivity contribution >= 4 is 34.0 Å². The summed E-state index contributed by atoms with van der Waals surface area (Å²) in [6.45, 7) is 4.76. The number of aromatic nitrogens is 1. The zero-order chi connectivity index (χ0) is 16.7. The molecule has 1 aromatic heterocycles. The van der Waals surface area contributed by atoms with Crippen LogP contribution in [0.1, 0.15) is 43.2 Å². The SMILES string of the molecule is CC(=O)O[C@H](C)CC1=C(C)C(=O)C(=O)c2c1[nH]c1ccccc21. The maximum Gasteiger partial charge on any atom is 0.302 e. The highest BCUT2D eigenvalue weighted by molar-refractivity contribution is 6.54. The Balaban J connectivity index is 2.14. The van der Waals surface area contributed by atoms with Crippen molar-refractivity contribution in [2.24, 2.45) is 0 Å². The molecule has 118 valence electrons. The number of aromatic amines is 1. The Kier molecular flexibility index (Phi) is 3.64. The van der Waals surface area contributed by atoms with Crippen LogP contribution in [0.5, 0.6) is 0 Å². The lowest BCUT2D eigenvalue weighted by atomic mass is 9.85. The molecule has 2 aromatic rings. The maximum atomic E-state index is 12.4. The number of ether oxygens (including phenoxy) is 1. The number of carbonyl (C=O) groups is 3. The summed E-state index contributed by atoms with van der Waals surface area (Å²) in [5, 5.41) is 0.742. The maximum absolute atomic E-state index is 12.4. The second kappa shape index (κ2) is 5.50. The number of esters is 1. The summed E-state index contributed by atoms with van der Waals surface area (Å²) in [6.07, 6.45) is 0.00211. The van der Waals surface area contributed by atoms with Crippen molar-refractivity contribution in [1.82, 2.24) is 4.98 Å². The molecule has 0 bridgehead atoms. The number of hydrogen-bond acceptors (Lipinski definition) is 4. The summed E-state index contributed by atoms with van der Waals surface area (Å²) < 4.78 is 5.17. The number of rotatable bonds is 3. The zero-order valence-electron chi connectivity index (χ0n) is 13.2. The van der Waals surface area contributed by atoms with Gasteiger partial charge in [0, 0.05) is 29.8 Å². The second-order valence-electron chi connectivity index (χ2n) is 5.81. The molecule has 1 atom stereocenters. The van der Waals surface area contributed by atoms with Crippen LogP contribution in [0.15, 0.2) is 29.8 Å². The molecule has 0 unspecified atom stereocenters. The summed E-state index contributed by atoms with van der Waals surface area (Å²) in [5.74, 6) is -1.35. The molecular formula is C18H17NO4. The number of Topliss-reactive ketones (excluding diaryl/α,β-unsaturated/α-hetero) is 2. The standard InChI is InChI=1S/C18H17NO4/c1-9(23-11(3)20)8-13-10(2)17(21)18(22)15-12-6-4-5-7-14(12)19-16(13)15/h4-7,9,19H,8H2,1-3H3/t9-/m1/s1. The molecule has 0 fully saturated rings. The number of para-hydroxylation sites is 1. The van der Waals surface area contributed by atoms with E-state index in [0.29, 0.717) is 23.3 Å². The molecule has 0 amide bonds. The second-order valence-corrected chi connectivity index (χ2v) is 5.81. The first-order valence-corrected chi connectivity index (χ1v) is 7.47. The topological polar surface area (TPSA) is 76.2 Å². The van der Waals surface area contributed by atoms with Gasteiger partial charge in [0.25, 0.3) is 0 Å². The van der Waals surface area contributed by atoms with Crippen molar-refractivity contribution in [3.05, 3.63) is 41.1 Å². The first-order chi connectivity index (χ1) is 10.9. The summed E-state index contributed by atoms with van der Waals surface area (Å²) in [6, 6.07) is 7.40. The molecule has 1 heterocycles. The van der Waals surface area contributed by atoms with E-state index in [9.17, 15) is 14.4 Å². The number of hydrogen-bond donors (Lipinski definition) is 1. The predicted octanol–water partition coefficient (Wildman–Crippen LogP) is 3.05. The van der Waals surface area contributed by atoms with Crippen LogP contribution in [0.25, 0.3) is 16.5 Å². The van der Waals surface area contributed by atoms with Crippen LogP contribution in [0.3, 0.4) is 0 Å². The van der Waals surface area contributed by atoms with Gasteiger partial charge in [0.05, 0.1) is 11.3 Å². The van der Waals surface area contributed by atoms with Crippen LogP contribution in [0.2, 0.25) is 0 Å². The molecule has 1 aromatic carbocycles. The lowest BCUT2D eigenvalue weighted by Crippen LogP contribution is -2.24. The lowest BCUT2D eigenvalue weighted by Gasteiger charge is -2.20. The van der Waals surface area contributed by atoms with Gasteiger partial charge in [-0.25, -0.2) is 0 Å². The number of allylic oxidation sites excluding steroid dienone is 1. The minimum atomic E-state index is -0.493. The lowest BCUT2D eigenvalue weighted by molar-refractivity contribution is -0.145. The number of carbonyl (C=O) groups excluding carboxylic acids is 3. The van der Waals surface area contributed by atoms with Gasteiger partial charge in [0.1, 0.15) is 6.10 Å². The summed E-state index contributed by atoms with van der Waals surface area (Å²) in [4.78, 5) is 39.1. The van der Waals surface area contributed by atoms with Crippen LogP contribution in [-0.4, -0.2) is 28.6 Å². The fraction of sp³-hybridized carbons (Fsp3) is 0.278. The zero-order valence-corrected chi connectivity index (χ0v) is 13.2. The number of H-pyrrole nitrogens is 1. The van der Waals surface area contributed by atoms with E-state index in [-0.39, 0.29) is 12.1 Å². The van der Waals surface area contributed by atoms with Crippen molar-refractivity contribution in [3.8, 4) is 0 Å². The first-order valence-electron chi connectivity index (χ1n) is 7.47. The highest BCUT2D eigenvalue weighted by Gasteiger charge is 2.34. The van der Waals surface area contributed by atoms with Crippen LogP contribution >= 0.6 is 0 Å². The molecule has 0 aliphatic heterocycles. The fourth-order valence-electron chi connectivity index (χ4n) is 3.08. The smallest absolute Gasteiger partial charge is 0.302 e. The molecule has 1 aliphatic carbocycles. The number of nitrogens with one attached hydrogen (secondary N) is 1. The van der Waals surface area contributed by atoms with Gasteiger partial charge in [-0.3, -0.25) is 14.4 Å². The molecule has 0 saturated heterocycles. The normalized spacial score (nSPS) is 15.8. The number of fused-ring (bicyclic) bond motifs is 3. The molecule has 5 heteroatoms. The monoisotopic (exact) mass is 311 g/mol. The predicted molar refractivity (Wildman–Crippen MR) is 86.1 cm³/mol. The van der Waals surface area contributed by atoms with Crippen molar-refractivity contribution in [3.63, 3.8) is 0 Å². The van der Waals surface area contributed by atoms with E-state index in [4.69, 9.17) is 4.74 Å². The number of ketones is 2. The molecule has 0 radical (unpaired) electrons. The van der Waals surface area contributed by atoms with Crippen LogP contribution in [-0.2, 0) is 14.3 Å². The van der Waals surface area contributed by atoms with Crippen molar-refractivity contribution in [2.45, 2.75) is 33.3 Å². The molecule has 1 N–H and O–H groups in total. The Morgan fingerprint density at radius 3 is 2.61 bits per heavy atom. The van der Waals surface area contributed by atoms with Gasteiger partial charge >= 0.3 is 5.97 Å². The third-order valence-corrected chi connectivity index (χ3v) is 4.09. The minimum Gasteiger partial charge on any atom is -0.463 e. The van der Waals surface area contributed by atoms with E-state index in [1.165, 1.54) is 6.92 Å². The summed E-state index contributed by atoms with van der Waals surface area (Å²) >= 11 is 0. The first kappa shape index (κ1) is 15.2. The average Bonchev–Trinajstić information content (AvgIpc) is 2.88. The van der Waals surface area contributed by atoms with Crippen molar-refractivity contribution < 1.29 is 19.1 Å². The van der Waals surface area contributed by atoms with Gasteiger partial charge in [-0.05, 0) is 25.5 Å².